The van der Waals surface area contributed by atoms with Crippen LogP contribution in [0.4, 0.5) is 35.9 Å². The van der Waals surface area contributed by atoms with Crippen LogP contribution in [0.25, 0.3) is 0 Å². The molecule has 10 unspecified atom stereocenters. The lowest BCUT2D eigenvalue weighted by Gasteiger charge is -2.76. The van der Waals surface area contributed by atoms with E-state index in [0.29, 0.717) is 35.5 Å². The van der Waals surface area contributed by atoms with Gasteiger partial charge in [-0.2, -0.15) is 0 Å². The summed E-state index contributed by atoms with van der Waals surface area (Å²) in [6.45, 7) is 13.8. The van der Waals surface area contributed by atoms with Crippen LogP contribution in [0.3, 0.4) is 0 Å². The first-order valence-electron chi connectivity index (χ1n) is 25.4. The highest BCUT2D eigenvalue weighted by Crippen LogP contribution is 2.87. The van der Waals surface area contributed by atoms with Crippen molar-refractivity contribution >= 4 is 38.7 Å². The predicted molar refractivity (Wildman–Crippen MR) is 265 cm³/mol. The summed E-state index contributed by atoms with van der Waals surface area (Å²) in [6, 6.07) is 40.6. The van der Waals surface area contributed by atoms with Crippen LogP contribution >= 0.6 is 15.9 Å². The molecule has 0 saturated heterocycles. The van der Waals surface area contributed by atoms with Crippen molar-refractivity contribution in [3.8, 4) is 5.75 Å². The van der Waals surface area contributed by atoms with Crippen molar-refractivity contribution in [2.45, 2.75) is 139 Å². The molecule has 0 radical (unpaired) electrons. The third-order valence-corrected chi connectivity index (χ3v) is 21.4. The largest absolute Gasteiger partial charge is 0.573 e. The second-order valence-corrected chi connectivity index (χ2v) is 26.1. The fraction of sp³-hybridized carbons (Fsp3) is 0.500. The van der Waals surface area contributed by atoms with Crippen molar-refractivity contribution in [2.24, 2.45) is 46.3 Å². The van der Waals surface area contributed by atoms with Gasteiger partial charge in [-0.3, -0.25) is 0 Å². The Morgan fingerprint density at radius 3 is 1.31 bits per heavy atom. The number of hydrogen-bond donors (Lipinski definition) is 0. The molecule has 10 bridgehead atoms. The maximum Gasteiger partial charge on any atom is 0.573 e. The zero-order valence-corrected chi connectivity index (χ0v) is 41.3. The van der Waals surface area contributed by atoms with E-state index in [2.05, 4.69) is 164 Å². The molecule has 346 valence electrons. The molecule has 2 spiro atoms. The smallest absolute Gasteiger partial charge is 0.406 e. The third-order valence-electron chi connectivity index (χ3n) is 20.6. The van der Waals surface area contributed by atoms with Crippen LogP contribution in [-0.4, -0.2) is 17.4 Å². The van der Waals surface area contributed by atoms with Gasteiger partial charge in [0.2, 0.25) is 0 Å². The Labute approximate surface area is 403 Å². The molecule has 7 heteroatoms. The molecule has 1 aliphatic heterocycles. The fourth-order valence-electron chi connectivity index (χ4n) is 18.5. The van der Waals surface area contributed by atoms with E-state index in [4.69, 9.17) is 4.74 Å². The molecule has 8 fully saturated rings. The first-order valence-corrected chi connectivity index (χ1v) is 26.2. The number of nitrogens with zero attached hydrogens (tertiary/aromatic N) is 2. The number of alkyl halides is 3. The standard InChI is InChI=1S/C60H62BrF3N2O/c1-53(2,3)39-19-43-25-47(23-39)65(55-29-35-17-41-21-45(33-55)57(41,55)31-35)50-27-49(67-60(62,63)64)28-51(52(50)61)66(56-30-36-18-42-22-46(34-56)58(42,56)32-36)48-24-40(54(4,5)6)20-44(26-48)59(43,37-13-9-7-10-14-37)38-15-11-8-12-16-38/h7-16,19-20,23-28,35-36,41-42,45-46H,17-18,21-22,29-34H2,1-6H3. The number of anilines is 4. The Morgan fingerprint density at radius 2 is 0.940 bits per heavy atom. The van der Waals surface area contributed by atoms with Gasteiger partial charge in [0.15, 0.2) is 0 Å². The van der Waals surface area contributed by atoms with Gasteiger partial charge in [-0.25, -0.2) is 0 Å². The number of hydrogen-bond acceptors (Lipinski definition) is 3. The molecule has 0 N–H and O–H groups in total. The normalized spacial score (nSPS) is 35.3. The van der Waals surface area contributed by atoms with Gasteiger partial charge in [0.25, 0.3) is 0 Å². The molecule has 1 heterocycles. The molecular weight excluding hydrogens is 902 g/mol. The topological polar surface area (TPSA) is 15.7 Å². The minimum atomic E-state index is -4.86. The maximum atomic E-state index is 15.0. The average molecular weight is 964 g/mol. The van der Waals surface area contributed by atoms with E-state index >= 15 is 0 Å². The highest BCUT2D eigenvalue weighted by molar-refractivity contribution is 9.10. The van der Waals surface area contributed by atoms with Gasteiger partial charge in [0.05, 0.1) is 32.3 Å². The molecule has 9 aliphatic rings. The summed E-state index contributed by atoms with van der Waals surface area (Å²) < 4.78 is 51.1. The van der Waals surface area contributed by atoms with Gasteiger partial charge in [0.1, 0.15) is 5.75 Å². The van der Waals surface area contributed by atoms with Crippen molar-refractivity contribution < 1.29 is 17.9 Å². The van der Waals surface area contributed by atoms with Crippen molar-refractivity contribution in [2.75, 3.05) is 9.80 Å². The zero-order valence-electron chi connectivity index (χ0n) is 39.7. The molecule has 0 aromatic heterocycles. The van der Waals surface area contributed by atoms with E-state index in [0.717, 1.165) is 52.9 Å². The van der Waals surface area contributed by atoms with E-state index in [-0.39, 0.29) is 38.5 Å². The lowest BCUT2D eigenvalue weighted by atomic mass is 9.34. The van der Waals surface area contributed by atoms with E-state index in [1.54, 1.807) is 12.1 Å². The molecule has 67 heavy (non-hydrogen) atoms. The molecular formula is C60H62BrF3N2O. The highest BCUT2D eigenvalue weighted by Gasteiger charge is 2.84. The zero-order chi connectivity index (χ0) is 46.1. The predicted octanol–water partition coefficient (Wildman–Crippen LogP) is 16.1. The molecule has 5 aromatic carbocycles. The first-order chi connectivity index (χ1) is 31.8. The number of rotatable bonds is 5. The van der Waals surface area contributed by atoms with Gasteiger partial charge in [0, 0.05) is 23.5 Å². The summed E-state index contributed by atoms with van der Waals surface area (Å²) in [4.78, 5) is 5.26. The summed E-state index contributed by atoms with van der Waals surface area (Å²) in [5.41, 5.74) is 9.49. The summed E-state index contributed by atoms with van der Waals surface area (Å²) in [5, 5.41) is 0. The van der Waals surface area contributed by atoms with E-state index in [9.17, 15) is 13.2 Å². The van der Waals surface area contributed by atoms with Crippen LogP contribution in [0, 0.1) is 46.3 Å². The molecule has 10 atom stereocenters. The van der Waals surface area contributed by atoms with E-state index < -0.39 is 11.8 Å². The van der Waals surface area contributed by atoms with Gasteiger partial charge >= 0.3 is 6.36 Å². The second kappa shape index (κ2) is 12.9. The Balaban J connectivity index is 1.17. The monoisotopic (exact) mass is 962 g/mol. The van der Waals surface area contributed by atoms with Crippen LogP contribution in [-0.2, 0) is 16.2 Å². The summed E-state index contributed by atoms with van der Waals surface area (Å²) in [7, 11) is 0. The first kappa shape index (κ1) is 41.7. The van der Waals surface area contributed by atoms with Crippen LogP contribution in [0.15, 0.2) is 114 Å². The van der Waals surface area contributed by atoms with Crippen molar-refractivity contribution in [1.82, 2.24) is 0 Å². The van der Waals surface area contributed by atoms with Crippen molar-refractivity contribution in [1.29, 1.82) is 0 Å². The van der Waals surface area contributed by atoms with Gasteiger partial charge in [-0.1, -0.05) is 114 Å². The number of halogens is 4. The van der Waals surface area contributed by atoms with Crippen LogP contribution in [0.2, 0.25) is 0 Å². The second-order valence-electron chi connectivity index (χ2n) is 25.3. The quantitative estimate of drug-likeness (QED) is 0.175. The third kappa shape index (κ3) is 5.06. The molecule has 8 aliphatic carbocycles. The average Bonchev–Trinajstić information content (AvgIpc) is 3.96. The van der Waals surface area contributed by atoms with Crippen LogP contribution < -0.4 is 14.5 Å². The Kier molecular flexibility index (Phi) is 8.06. The Morgan fingerprint density at radius 1 is 0.507 bits per heavy atom. The summed E-state index contributed by atoms with van der Waals surface area (Å²) >= 11 is 4.40. The SMILES string of the molecule is CC(C)(C)c1cc2cc(c1)C(c1ccccc1)(c1ccccc1)c1cc(cc(C(C)(C)C)c1)N(C13CC4CC5CC(C1)C53C4)c1cc(OC(F)(F)F)cc(c1Br)N2C12CC3CC4CC(C1)C42C3. The summed E-state index contributed by atoms with van der Waals surface area (Å²) in [5.74, 6) is 3.71. The van der Waals surface area contributed by atoms with Crippen LogP contribution in [0.5, 0.6) is 5.75 Å². The van der Waals surface area contributed by atoms with Crippen LogP contribution in [0.1, 0.15) is 139 Å². The lowest BCUT2D eigenvalue weighted by molar-refractivity contribution is -0.274. The van der Waals surface area contributed by atoms with Crippen molar-refractivity contribution in [3.63, 3.8) is 0 Å². The Hall–Kier alpha value is -4.23. The molecule has 3 nitrogen and oxygen atoms in total. The molecule has 5 aromatic rings. The fourth-order valence-corrected chi connectivity index (χ4v) is 19.1. The maximum absolute atomic E-state index is 15.0. The number of fused-ring (bicyclic) bond motifs is 8. The minimum Gasteiger partial charge on any atom is -0.406 e. The van der Waals surface area contributed by atoms with E-state index in [1.165, 1.54) is 71.9 Å². The van der Waals surface area contributed by atoms with E-state index in [1.807, 2.05) is 0 Å². The minimum absolute atomic E-state index is 0.133. The molecule has 0 amide bonds. The molecule has 14 rings (SSSR count). The molecule has 8 saturated carbocycles. The van der Waals surface area contributed by atoms with Gasteiger partial charge < -0.3 is 14.5 Å². The van der Waals surface area contributed by atoms with Crippen molar-refractivity contribution in [3.05, 3.63) is 147 Å². The number of ether oxygens (including phenoxy) is 1. The Bertz CT molecular complexity index is 2730. The lowest BCUT2D eigenvalue weighted by Crippen LogP contribution is -2.76. The van der Waals surface area contributed by atoms with Gasteiger partial charge in [-0.05, 0) is 195 Å². The summed E-state index contributed by atoms with van der Waals surface area (Å²) in [6.07, 6.45) is 6.91. The number of benzene rings is 5. The highest BCUT2D eigenvalue weighted by atomic mass is 79.9. The van der Waals surface area contributed by atoms with Gasteiger partial charge in [-0.15, -0.1) is 13.2 Å².